The van der Waals surface area contributed by atoms with E-state index in [9.17, 15) is 9.59 Å². The number of hydrogen-bond donors (Lipinski definition) is 1. The monoisotopic (exact) mass is 329 g/mol. The average Bonchev–Trinajstić information content (AvgIpc) is 3.18. The third-order valence-electron chi connectivity index (χ3n) is 3.37. The predicted molar refractivity (Wildman–Crippen MR) is 88.6 cm³/mol. The lowest BCUT2D eigenvalue weighted by Gasteiger charge is -2.11. The highest BCUT2D eigenvalue weighted by atomic mass is 32.1. The number of hydrogen-bond acceptors (Lipinski definition) is 5. The van der Waals surface area contributed by atoms with Crippen LogP contribution in [0.4, 0.5) is 5.69 Å². The van der Waals surface area contributed by atoms with Crippen molar-refractivity contribution in [3.63, 3.8) is 0 Å². The Morgan fingerprint density at radius 2 is 2.04 bits per heavy atom. The summed E-state index contributed by atoms with van der Waals surface area (Å²) in [7, 11) is 0. The molecule has 0 spiro atoms. The van der Waals surface area contributed by atoms with Gasteiger partial charge in [0.1, 0.15) is 6.04 Å². The van der Waals surface area contributed by atoms with E-state index >= 15 is 0 Å². The van der Waals surface area contributed by atoms with Crippen LogP contribution in [0.15, 0.2) is 51.0 Å². The maximum Gasteiger partial charge on any atom is 0.438 e. The van der Waals surface area contributed by atoms with Gasteiger partial charge in [0.25, 0.3) is 5.89 Å². The summed E-state index contributed by atoms with van der Waals surface area (Å²) in [5, 5.41) is 8.74. The highest BCUT2D eigenvalue weighted by molar-refractivity contribution is 7.13. The standard InChI is InChI=1S/C16H15N3O3S/c1-10-5-7-12(8-6-10)17-14(20)11(2)19-16(21)22-15(18-19)13-4-3-9-23-13/h3-9,11H,1-2H3,(H,17,20)/t11-/m1/s1. The van der Waals surface area contributed by atoms with Crippen LogP contribution in [0.25, 0.3) is 10.8 Å². The van der Waals surface area contributed by atoms with Crippen LogP contribution in [0.2, 0.25) is 0 Å². The number of amides is 1. The van der Waals surface area contributed by atoms with E-state index < -0.39 is 11.8 Å². The number of thiophene rings is 1. The summed E-state index contributed by atoms with van der Waals surface area (Å²) in [6.45, 7) is 3.57. The minimum atomic E-state index is -0.777. The topological polar surface area (TPSA) is 77.1 Å². The number of aryl methyl sites for hydroxylation is 1. The van der Waals surface area contributed by atoms with Crippen molar-refractivity contribution < 1.29 is 9.21 Å². The maximum absolute atomic E-state index is 12.3. The Morgan fingerprint density at radius 3 is 2.70 bits per heavy atom. The number of nitrogens with zero attached hydrogens (tertiary/aromatic N) is 2. The minimum Gasteiger partial charge on any atom is -0.387 e. The van der Waals surface area contributed by atoms with E-state index in [4.69, 9.17) is 4.42 Å². The number of nitrogens with one attached hydrogen (secondary N) is 1. The van der Waals surface area contributed by atoms with Crippen molar-refractivity contribution in [2.45, 2.75) is 19.9 Å². The van der Waals surface area contributed by atoms with Crippen LogP contribution in [0, 0.1) is 6.92 Å². The molecular weight excluding hydrogens is 314 g/mol. The van der Waals surface area contributed by atoms with E-state index in [2.05, 4.69) is 10.4 Å². The lowest BCUT2D eigenvalue weighted by Crippen LogP contribution is -2.30. The van der Waals surface area contributed by atoms with Crippen LogP contribution in [0.1, 0.15) is 18.5 Å². The van der Waals surface area contributed by atoms with E-state index in [1.165, 1.54) is 11.3 Å². The van der Waals surface area contributed by atoms with Crippen molar-refractivity contribution in [1.29, 1.82) is 0 Å². The van der Waals surface area contributed by atoms with E-state index in [0.29, 0.717) is 5.69 Å². The van der Waals surface area contributed by atoms with Gasteiger partial charge in [-0.1, -0.05) is 23.8 Å². The molecule has 1 atom stereocenters. The zero-order valence-corrected chi connectivity index (χ0v) is 13.5. The molecule has 118 valence electrons. The van der Waals surface area contributed by atoms with Crippen LogP contribution in [-0.4, -0.2) is 15.7 Å². The molecule has 0 aliphatic rings. The molecule has 7 heteroatoms. The van der Waals surface area contributed by atoms with Gasteiger partial charge in [-0.2, -0.15) is 4.68 Å². The Balaban J connectivity index is 1.79. The molecular formula is C16H15N3O3S. The number of benzene rings is 1. The van der Waals surface area contributed by atoms with Gasteiger partial charge in [-0.3, -0.25) is 4.79 Å². The molecule has 6 nitrogen and oxygen atoms in total. The molecule has 0 aliphatic heterocycles. The molecule has 0 saturated heterocycles. The lowest BCUT2D eigenvalue weighted by molar-refractivity contribution is -0.119. The number of rotatable bonds is 4. The molecule has 0 bridgehead atoms. The molecule has 0 saturated carbocycles. The second-order valence-corrected chi connectivity index (χ2v) is 6.07. The summed E-state index contributed by atoms with van der Waals surface area (Å²) in [6, 6.07) is 10.3. The number of carbonyl (C=O) groups excluding carboxylic acids is 1. The Morgan fingerprint density at radius 1 is 1.30 bits per heavy atom. The van der Waals surface area contributed by atoms with Crippen molar-refractivity contribution in [2.75, 3.05) is 5.32 Å². The van der Waals surface area contributed by atoms with Crippen molar-refractivity contribution in [1.82, 2.24) is 9.78 Å². The first-order chi connectivity index (χ1) is 11.0. The molecule has 23 heavy (non-hydrogen) atoms. The molecule has 3 rings (SSSR count). The van der Waals surface area contributed by atoms with Crippen LogP contribution in [0.5, 0.6) is 0 Å². The summed E-state index contributed by atoms with van der Waals surface area (Å²) in [5.41, 5.74) is 1.77. The molecule has 1 amide bonds. The van der Waals surface area contributed by atoms with Gasteiger partial charge in [-0.05, 0) is 37.4 Å². The lowest BCUT2D eigenvalue weighted by atomic mass is 10.2. The SMILES string of the molecule is Cc1ccc(NC(=O)[C@@H](C)n2nc(-c3cccs3)oc2=O)cc1. The van der Waals surface area contributed by atoms with Gasteiger partial charge in [0.05, 0.1) is 4.88 Å². The first kappa shape index (κ1) is 15.2. The summed E-state index contributed by atoms with van der Waals surface area (Å²) >= 11 is 1.41. The van der Waals surface area contributed by atoms with Gasteiger partial charge in [-0.15, -0.1) is 16.4 Å². The van der Waals surface area contributed by atoms with Gasteiger partial charge in [0, 0.05) is 5.69 Å². The van der Waals surface area contributed by atoms with Gasteiger partial charge < -0.3 is 9.73 Å². The zero-order valence-electron chi connectivity index (χ0n) is 12.6. The number of anilines is 1. The second-order valence-electron chi connectivity index (χ2n) is 5.13. The molecule has 3 aromatic rings. The van der Waals surface area contributed by atoms with Crippen molar-refractivity contribution in [2.24, 2.45) is 0 Å². The van der Waals surface area contributed by atoms with Crippen LogP contribution in [-0.2, 0) is 4.79 Å². The van der Waals surface area contributed by atoms with E-state index in [1.807, 2.05) is 42.6 Å². The number of carbonyl (C=O) groups is 1. The van der Waals surface area contributed by atoms with Crippen LogP contribution < -0.4 is 11.1 Å². The van der Waals surface area contributed by atoms with Crippen molar-refractivity contribution in [3.05, 3.63) is 57.9 Å². The summed E-state index contributed by atoms with van der Waals surface area (Å²) in [6.07, 6.45) is 0. The van der Waals surface area contributed by atoms with E-state index in [-0.39, 0.29) is 11.8 Å². The maximum atomic E-state index is 12.3. The number of aromatic nitrogens is 2. The molecule has 2 heterocycles. The smallest absolute Gasteiger partial charge is 0.387 e. The Labute approximate surface area is 136 Å². The third-order valence-corrected chi connectivity index (χ3v) is 4.22. The van der Waals surface area contributed by atoms with Crippen molar-refractivity contribution >= 4 is 22.9 Å². The first-order valence-corrected chi connectivity index (χ1v) is 7.93. The second kappa shape index (κ2) is 6.21. The van der Waals surface area contributed by atoms with E-state index in [0.717, 1.165) is 15.1 Å². The summed E-state index contributed by atoms with van der Waals surface area (Å²) in [4.78, 5) is 25.0. The van der Waals surface area contributed by atoms with Gasteiger partial charge in [0.15, 0.2) is 0 Å². The molecule has 0 radical (unpaired) electrons. The van der Waals surface area contributed by atoms with Gasteiger partial charge in [0.2, 0.25) is 5.91 Å². The Kier molecular flexibility index (Phi) is 4.12. The fraction of sp³-hybridized carbons (Fsp3) is 0.188. The van der Waals surface area contributed by atoms with Crippen LogP contribution in [0.3, 0.4) is 0 Å². The van der Waals surface area contributed by atoms with Crippen LogP contribution >= 0.6 is 11.3 Å². The largest absolute Gasteiger partial charge is 0.438 e. The fourth-order valence-corrected chi connectivity index (χ4v) is 2.67. The minimum absolute atomic E-state index is 0.222. The molecule has 1 N–H and O–H groups in total. The predicted octanol–water partition coefficient (Wildman–Crippen LogP) is 3.07. The molecule has 0 aliphatic carbocycles. The molecule has 0 fully saturated rings. The summed E-state index contributed by atoms with van der Waals surface area (Å²) < 4.78 is 6.18. The zero-order chi connectivity index (χ0) is 16.4. The fourth-order valence-electron chi connectivity index (χ4n) is 2.03. The quantitative estimate of drug-likeness (QED) is 0.798. The Bertz CT molecular complexity index is 863. The average molecular weight is 329 g/mol. The first-order valence-electron chi connectivity index (χ1n) is 7.05. The third kappa shape index (κ3) is 3.24. The van der Waals surface area contributed by atoms with Crippen molar-refractivity contribution in [3.8, 4) is 10.8 Å². The Hall–Kier alpha value is -2.67. The highest BCUT2D eigenvalue weighted by Crippen LogP contribution is 2.22. The normalized spacial score (nSPS) is 12.1. The van der Waals surface area contributed by atoms with Gasteiger partial charge >= 0.3 is 5.76 Å². The highest BCUT2D eigenvalue weighted by Gasteiger charge is 2.21. The molecule has 1 aromatic carbocycles. The summed E-state index contributed by atoms with van der Waals surface area (Å²) in [5.74, 6) is -0.762. The van der Waals surface area contributed by atoms with Gasteiger partial charge in [-0.25, -0.2) is 4.79 Å². The molecule has 2 aromatic heterocycles. The molecule has 0 unspecified atom stereocenters. The van der Waals surface area contributed by atoms with E-state index in [1.54, 1.807) is 13.0 Å².